The van der Waals surface area contributed by atoms with E-state index in [1.54, 1.807) is 18.3 Å². The lowest BCUT2D eigenvalue weighted by Gasteiger charge is -2.07. The standard InChI is InChI=1S/C16H12ClFN2O/c17-13-8-10(4-5-14(13)18)9-20-16(21)12-2-1-3-15-11(12)6-7-19-15/h1-8,19H,9H2,(H,20,21). The van der Waals surface area contributed by atoms with Crippen molar-refractivity contribution in [2.24, 2.45) is 0 Å². The number of aromatic amines is 1. The van der Waals surface area contributed by atoms with E-state index in [0.29, 0.717) is 12.1 Å². The molecule has 0 aliphatic carbocycles. The second-order valence-electron chi connectivity index (χ2n) is 4.68. The van der Waals surface area contributed by atoms with Crippen LogP contribution in [0.4, 0.5) is 4.39 Å². The highest BCUT2D eigenvalue weighted by atomic mass is 35.5. The Morgan fingerprint density at radius 1 is 1.24 bits per heavy atom. The van der Waals surface area contributed by atoms with Crippen LogP contribution in [0.1, 0.15) is 15.9 Å². The van der Waals surface area contributed by atoms with Crippen LogP contribution in [0, 0.1) is 5.82 Å². The largest absolute Gasteiger partial charge is 0.361 e. The van der Waals surface area contributed by atoms with Crippen LogP contribution in [-0.4, -0.2) is 10.9 Å². The predicted molar refractivity (Wildman–Crippen MR) is 80.9 cm³/mol. The van der Waals surface area contributed by atoms with Gasteiger partial charge in [0, 0.05) is 29.2 Å². The minimum Gasteiger partial charge on any atom is -0.361 e. The van der Waals surface area contributed by atoms with Crippen LogP contribution < -0.4 is 5.32 Å². The van der Waals surface area contributed by atoms with Crippen molar-refractivity contribution in [3.8, 4) is 0 Å². The maximum atomic E-state index is 13.1. The highest BCUT2D eigenvalue weighted by Crippen LogP contribution is 2.18. The van der Waals surface area contributed by atoms with Crippen LogP contribution >= 0.6 is 11.6 Å². The maximum Gasteiger partial charge on any atom is 0.252 e. The highest BCUT2D eigenvalue weighted by molar-refractivity contribution is 6.30. The molecule has 0 unspecified atom stereocenters. The fourth-order valence-corrected chi connectivity index (χ4v) is 2.41. The van der Waals surface area contributed by atoms with Gasteiger partial charge in [-0.3, -0.25) is 4.79 Å². The summed E-state index contributed by atoms with van der Waals surface area (Å²) in [5.74, 6) is -0.649. The fourth-order valence-electron chi connectivity index (χ4n) is 2.21. The Morgan fingerprint density at radius 2 is 2.10 bits per heavy atom. The number of carbonyl (C=O) groups is 1. The quantitative estimate of drug-likeness (QED) is 0.757. The molecule has 3 aromatic rings. The maximum absolute atomic E-state index is 13.1. The monoisotopic (exact) mass is 302 g/mol. The third-order valence-corrected chi connectivity index (χ3v) is 3.57. The summed E-state index contributed by atoms with van der Waals surface area (Å²) in [6, 6.07) is 11.7. The number of benzene rings is 2. The summed E-state index contributed by atoms with van der Waals surface area (Å²) in [4.78, 5) is 15.3. The minimum atomic E-state index is -0.469. The number of nitrogens with one attached hydrogen (secondary N) is 2. The Kier molecular flexibility index (Phi) is 3.62. The third-order valence-electron chi connectivity index (χ3n) is 3.28. The van der Waals surface area contributed by atoms with E-state index in [-0.39, 0.29) is 10.9 Å². The first-order valence-electron chi connectivity index (χ1n) is 6.43. The molecule has 0 aliphatic rings. The van der Waals surface area contributed by atoms with Crippen molar-refractivity contribution >= 4 is 28.4 Å². The van der Waals surface area contributed by atoms with E-state index in [4.69, 9.17) is 11.6 Å². The molecule has 0 spiro atoms. The molecule has 0 fully saturated rings. The van der Waals surface area contributed by atoms with Gasteiger partial charge < -0.3 is 10.3 Å². The molecule has 0 radical (unpaired) electrons. The second kappa shape index (κ2) is 5.58. The molecule has 0 aliphatic heterocycles. The van der Waals surface area contributed by atoms with Crippen LogP contribution in [-0.2, 0) is 6.54 Å². The smallest absolute Gasteiger partial charge is 0.252 e. The zero-order chi connectivity index (χ0) is 14.8. The summed E-state index contributed by atoms with van der Waals surface area (Å²) in [5, 5.41) is 3.73. The van der Waals surface area contributed by atoms with Gasteiger partial charge in [-0.2, -0.15) is 0 Å². The van der Waals surface area contributed by atoms with Crippen LogP contribution in [0.2, 0.25) is 5.02 Å². The Bertz CT molecular complexity index is 813. The first-order chi connectivity index (χ1) is 10.1. The molecule has 1 heterocycles. The van der Waals surface area contributed by atoms with Crippen LogP contribution in [0.3, 0.4) is 0 Å². The zero-order valence-corrected chi connectivity index (χ0v) is 11.7. The summed E-state index contributed by atoms with van der Waals surface area (Å²) in [7, 11) is 0. The topological polar surface area (TPSA) is 44.9 Å². The van der Waals surface area contributed by atoms with Crippen molar-refractivity contribution in [3.05, 3.63) is 70.6 Å². The lowest BCUT2D eigenvalue weighted by atomic mass is 10.1. The Labute approximate surface area is 125 Å². The average molecular weight is 303 g/mol. The zero-order valence-electron chi connectivity index (χ0n) is 11.0. The Morgan fingerprint density at radius 3 is 2.90 bits per heavy atom. The van der Waals surface area contributed by atoms with Gasteiger partial charge in [0.25, 0.3) is 5.91 Å². The molecule has 0 saturated heterocycles. The molecule has 2 N–H and O–H groups in total. The molecule has 2 aromatic carbocycles. The molecule has 0 saturated carbocycles. The summed E-state index contributed by atoms with van der Waals surface area (Å²) < 4.78 is 13.1. The molecule has 21 heavy (non-hydrogen) atoms. The number of H-pyrrole nitrogens is 1. The summed E-state index contributed by atoms with van der Waals surface area (Å²) in [5.41, 5.74) is 2.26. The van der Waals surface area contributed by atoms with Crippen molar-refractivity contribution in [2.75, 3.05) is 0 Å². The van der Waals surface area contributed by atoms with Gasteiger partial charge in [-0.25, -0.2) is 4.39 Å². The molecule has 1 aromatic heterocycles. The summed E-state index contributed by atoms with van der Waals surface area (Å²) >= 11 is 5.72. The Hall–Kier alpha value is -2.33. The van der Waals surface area contributed by atoms with E-state index in [1.165, 1.54) is 12.1 Å². The van der Waals surface area contributed by atoms with Crippen LogP contribution in [0.25, 0.3) is 10.9 Å². The first-order valence-corrected chi connectivity index (χ1v) is 6.81. The SMILES string of the molecule is O=C(NCc1ccc(F)c(Cl)c1)c1cccc2[nH]ccc12. The lowest BCUT2D eigenvalue weighted by molar-refractivity contribution is 0.0952. The number of hydrogen-bond donors (Lipinski definition) is 2. The van der Waals surface area contributed by atoms with Crippen LogP contribution in [0.5, 0.6) is 0 Å². The van der Waals surface area contributed by atoms with Gasteiger partial charge >= 0.3 is 0 Å². The van der Waals surface area contributed by atoms with Crippen molar-refractivity contribution in [3.63, 3.8) is 0 Å². The predicted octanol–water partition coefficient (Wildman–Crippen LogP) is 3.89. The number of amides is 1. The molecular formula is C16H12ClFN2O. The molecule has 0 atom stereocenters. The number of halogens is 2. The normalized spacial score (nSPS) is 10.8. The summed E-state index contributed by atoms with van der Waals surface area (Å²) in [6.07, 6.45) is 1.79. The summed E-state index contributed by atoms with van der Waals surface area (Å²) in [6.45, 7) is 0.291. The fraction of sp³-hybridized carbons (Fsp3) is 0.0625. The molecule has 5 heteroatoms. The lowest BCUT2D eigenvalue weighted by Crippen LogP contribution is -2.22. The minimum absolute atomic E-state index is 0.0504. The van der Waals surface area contributed by atoms with Gasteiger partial charge in [0.2, 0.25) is 0 Å². The van der Waals surface area contributed by atoms with E-state index < -0.39 is 5.82 Å². The molecular weight excluding hydrogens is 291 g/mol. The van der Waals surface area contributed by atoms with Gasteiger partial charge in [-0.15, -0.1) is 0 Å². The van der Waals surface area contributed by atoms with Crippen molar-refractivity contribution in [2.45, 2.75) is 6.54 Å². The molecule has 1 amide bonds. The van der Waals surface area contributed by atoms with Crippen LogP contribution in [0.15, 0.2) is 48.7 Å². The average Bonchev–Trinajstić information content (AvgIpc) is 2.96. The van der Waals surface area contributed by atoms with Gasteiger partial charge in [0.1, 0.15) is 5.82 Å². The first kappa shape index (κ1) is 13.6. The molecule has 3 rings (SSSR count). The van der Waals surface area contributed by atoms with Gasteiger partial charge in [-0.05, 0) is 35.9 Å². The van der Waals surface area contributed by atoms with Gasteiger partial charge in [0.05, 0.1) is 5.02 Å². The highest BCUT2D eigenvalue weighted by Gasteiger charge is 2.10. The van der Waals surface area contributed by atoms with Crippen molar-refractivity contribution in [1.82, 2.24) is 10.3 Å². The molecule has 0 bridgehead atoms. The van der Waals surface area contributed by atoms with E-state index in [9.17, 15) is 9.18 Å². The van der Waals surface area contributed by atoms with Gasteiger partial charge in [0.15, 0.2) is 0 Å². The number of fused-ring (bicyclic) bond motifs is 1. The number of rotatable bonds is 3. The van der Waals surface area contributed by atoms with E-state index in [2.05, 4.69) is 10.3 Å². The van der Waals surface area contributed by atoms with Crippen molar-refractivity contribution < 1.29 is 9.18 Å². The number of carbonyl (C=O) groups excluding carboxylic acids is 1. The molecule has 106 valence electrons. The Balaban J connectivity index is 1.77. The van der Waals surface area contributed by atoms with E-state index in [1.807, 2.05) is 18.2 Å². The van der Waals surface area contributed by atoms with Gasteiger partial charge in [-0.1, -0.05) is 23.7 Å². The van der Waals surface area contributed by atoms with E-state index in [0.717, 1.165) is 16.5 Å². The molecule has 3 nitrogen and oxygen atoms in total. The van der Waals surface area contributed by atoms with E-state index >= 15 is 0 Å². The third kappa shape index (κ3) is 2.76. The second-order valence-corrected chi connectivity index (χ2v) is 5.08. The number of aromatic nitrogens is 1. The number of hydrogen-bond acceptors (Lipinski definition) is 1. The van der Waals surface area contributed by atoms with Crippen molar-refractivity contribution in [1.29, 1.82) is 0 Å².